The minimum absolute atomic E-state index is 0.246. The number of para-hydroxylation sites is 1. The molecule has 0 unspecified atom stereocenters. The average Bonchev–Trinajstić information content (AvgIpc) is 3.21. The Kier molecular flexibility index (Phi) is 6.58. The number of hydrogen-bond acceptors (Lipinski definition) is 5. The number of aromatic nitrogens is 3. The maximum atomic E-state index is 13.0. The van der Waals surface area contributed by atoms with Crippen LogP contribution in [0.25, 0.3) is 16.8 Å². The average molecular weight is 429 g/mol. The number of anilines is 1. The number of likely N-dealkylation sites (N-methyl/N-ethyl adjacent to an activating group) is 1. The van der Waals surface area contributed by atoms with E-state index in [2.05, 4.69) is 31.7 Å². The Bertz CT molecular complexity index is 1230. The highest BCUT2D eigenvalue weighted by Crippen LogP contribution is 2.24. The minimum atomic E-state index is -0.246. The van der Waals surface area contributed by atoms with Crippen molar-refractivity contribution >= 4 is 17.2 Å². The third-order valence-corrected chi connectivity index (χ3v) is 5.25. The Morgan fingerprint density at radius 1 is 1.09 bits per heavy atom. The fourth-order valence-electron chi connectivity index (χ4n) is 3.52. The van der Waals surface area contributed by atoms with Gasteiger partial charge < -0.3 is 15.5 Å². The first kappa shape index (κ1) is 21.7. The molecule has 0 aliphatic carbocycles. The molecular weight excluding hydrogens is 400 g/mol. The van der Waals surface area contributed by atoms with Crippen molar-refractivity contribution in [3.63, 3.8) is 0 Å². The van der Waals surface area contributed by atoms with Crippen molar-refractivity contribution in [3.05, 3.63) is 83.8 Å². The number of amides is 1. The number of aryl methyl sites for hydroxylation is 1. The third kappa shape index (κ3) is 5.01. The zero-order chi connectivity index (χ0) is 22.5. The molecular formula is C25H28N6O. The molecule has 1 amide bonds. The molecule has 7 heteroatoms. The van der Waals surface area contributed by atoms with E-state index in [1.807, 2.05) is 63.5 Å². The lowest BCUT2D eigenvalue weighted by Gasteiger charge is -2.13. The van der Waals surface area contributed by atoms with Crippen molar-refractivity contribution in [2.45, 2.75) is 13.5 Å². The van der Waals surface area contributed by atoms with Crippen molar-refractivity contribution in [1.29, 1.82) is 0 Å². The molecule has 4 rings (SSSR count). The second-order valence-electron chi connectivity index (χ2n) is 8.10. The number of fused-ring (bicyclic) bond motifs is 1. The summed E-state index contributed by atoms with van der Waals surface area (Å²) in [4.78, 5) is 19.8. The van der Waals surface area contributed by atoms with Gasteiger partial charge in [0, 0.05) is 37.1 Å². The van der Waals surface area contributed by atoms with Crippen molar-refractivity contribution in [2.24, 2.45) is 0 Å². The van der Waals surface area contributed by atoms with Gasteiger partial charge in [-0.1, -0.05) is 48.0 Å². The van der Waals surface area contributed by atoms with Crippen molar-refractivity contribution in [3.8, 4) is 11.1 Å². The second-order valence-corrected chi connectivity index (χ2v) is 8.10. The zero-order valence-electron chi connectivity index (χ0n) is 18.7. The van der Waals surface area contributed by atoms with Crippen LogP contribution in [0.2, 0.25) is 0 Å². The summed E-state index contributed by atoms with van der Waals surface area (Å²) in [5.41, 5.74) is 5.90. The largest absolute Gasteiger partial charge is 0.320 e. The Morgan fingerprint density at radius 3 is 2.75 bits per heavy atom. The van der Waals surface area contributed by atoms with Crippen LogP contribution in [0.3, 0.4) is 0 Å². The fourth-order valence-corrected chi connectivity index (χ4v) is 3.52. The van der Waals surface area contributed by atoms with Gasteiger partial charge in [-0.25, -0.2) is 9.50 Å². The van der Waals surface area contributed by atoms with E-state index in [9.17, 15) is 4.79 Å². The van der Waals surface area contributed by atoms with Crippen molar-refractivity contribution < 1.29 is 4.79 Å². The minimum Gasteiger partial charge on any atom is -0.320 e. The van der Waals surface area contributed by atoms with Gasteiger partial charge in [0.15, 0.2) is 5.65 Å². The van der Waals surface area contributed by atoms with Gasteiger partial charge in [0.2, 0.25) is 0 Å². The number of nitrogens with zero attached hydrogens (tertiary/aromatic N) is 4. The lowest BCUT2D eigenvalue weighted by molar-refractivity contribution is 0.102. The molecule has 2 aromatic heterocycles. The molecule has 32 heavy (non-hydrogen) atoms. The van der Waals surface area contributed by atoms with Gasteiger partial charge in [0.25, 0.3) is 5.91 Å². The molecule has 0 aliphatic rings. The van der Waals surface area contributed by atoms with Gasteiger partial charge in [-0.15, -0.1) is 0 Å². The molecule has 7 nitrogen and oxygen atoms in total. The van der Waals surface area contributed by atoms with Crippen LogP contribution in [0.15, 0.2) is 67.0 Å². The standard InChI is InChI=1S/C25H28N6O/c1-18-7-6-9-19(15-18)21-17-27-31-13-11-23(28-24(21)31)25(32)29-22-10-5-4-8-20(22)16-26-12-14-30(2)3/h4-11,13,15,17,26H,12,14,16H2,1-3H3,(H,29,32). The third-order valence-electron chi connectivity index (χ3n) is 5.25. The van der Waals surface area contributed by atoms with Crippen molar-refractivity contribution in [2.75, 3.05) is 32.5 Å². The molecule has 0 bridgehead atoms. The molecule has 0 saturated heterocycles. The Labute approximate surface area is 188 Å². The van der Waals surface area contributed by atoms with E-state index in [1.54, 1.807) is 23.0 Å². The predicted molar refractivity (Wildman–Crippen MR) is 128 cm³/mol. The van der Waals surface area contributed by atoms with Crippen LogP contribution in [0.4, 0.5) is 5.69 Å². The number of nitrogens with one attached hydrogen (secondary N) is 2. The number of rotatable bonds is 8. The summed E-state index contributed by atoms with van der Waals surface area (Å²) in [6.07, 6.45) is 3.55. The number of carbonyl (C=O) groups is 1. The van der Waals surface area contributed by atoms with E-state index < -0.39 is 0 Å². The van der Waals surface area contributed by atoms with Crippen LogP contribution in [0, 0.1) is 6.92 Å². The van der Waals surface area contributed by atoms with Gasteiger partial charge in [0.05, 0.1) is 6.20 Å². The molecule has 2 N–H and O–H groups in total. The summed E-state index contributed by atoms with van der Waals surface area (Å²) in [5.74, 6) is -0.246. The fraction of sp³-hybridized carbons (Fsp3) is 0.240. The van der Waals surface area contributed by atoms with Gasteiger partial charge >= 0.3 is 0 Å². The van der Waals surface area contributed by atoms with E-state index in [0.717, 1.165) is 41.0 Å². The van der Waals surface area contributed by atoms with Gasteiger partial charge in [-0.3, -0.25) is 4.79 Å². The van der Waals surface area contributed by atoms with E-state index in [4.69, 9.17) is 0 Å². The summed E-state index contributed by atoms with van der Waals surface area (Å²) < 4.78 is 1.69. The van der Waals surface area contributed by atoms with E-state index in [-0.39, 0.29) is 5.91 Å². The Morgan fingerprint density at radius 2 is 1.94 bits per heavy atom. The lowest BCUT2D eigenvalue weighted by Crippen LogP contribution is -2.26. The summed E-state index contributed by atoms with van der Waals surface area (Å²) in [7, 11) is 4.09. The molecule has 0 fully saturated rings. The van der Waals surface area contributed by atoms with Gasteiger partial charge in [-0.2, -0.15) is 5.10 Å². The van der Waals surface area contributed by atoms with Crippen LogP contribution in [-0.2, 0) is 6.54 Å². The summed E-state index contributed by atoms with van der Waals surface area (Å²) >= 11 is 0. The summed E-state index contributed by atoms with van der Waals surface area (Å²) in [6, 6.07) is 17.7. The number of benzene rings is 2. The van der Waals surface area contributed by atoms with Crippen LogP contribution in [-0.4, -0.2) is 52.6 Å². The maximum Gasteiger partial charge on any atom is 0.274 e. The van der Waals surface area contributed by atoms with E-state index in [0.29, 0.717) is 17.9 Å². The second kappa shape index (κ2) is 9.72. The summed E-state index contributed by atoms with van der Waals surface area (Å²) in [5, 5.41) is 10.8. The Balaban J connectivity index is 1.54. The highest BCUT2D eigenvalue weighted by atomic mass is 16.1. The first-order chi connectivity index (χ1) is 15.5. The SMILES string of the molecule is Cc1cccc(-c2cnn3ccc(C(=O)Nc4ccccc4CNCCN(C)C)nc23)c1. The normalized spacial score (nSPS) is 11.2. The first-order valence-electron chi connectivity index (χ1n) is 10.7. The molecule has 0 atom stereocenters. The number of hydrogen-bond donors (Lipinski definition) is 2. The highest BCUT2D eigenvalue weighted by Gasteiger charge is 2.14. The van der Waals surface area contributed by atoms with Gasteiger partial charge in [-0.05, 0) is 44.3 Å². The molecule has 0 spiro atoms. The van der Waals surface area contributed by atoms with Crippen LogP contribution in [0.5, 0.6) is 0 Å². The van der Waals surface area contributed by atoms with Crippen LogP contribution >= 0.6 is 0 Å². The van der Waals surface area contributed by atoms with E-state index in [1.165, 1.54) is 0 Å². The monoisotopic (exact) mass is 428 g/mol. The van der Waals surface area contributed by atoms with Crippen molar-refractivity contribution in [1.82, 2.24) is 24.8 Å². The molecule has 0 saturated carbocycles. The smallest absolute Gasteiger partial charge is 0.274 e. The molecule has 2 heterocycles. The Hall–Kier alpha value is -3.55. The topological polar surface area (TPSA) is 74.6 Å². The highest BCUT2D eigenvalue weighted by molar-refractivity contribution is 6.03. The first-order valence-corrected chi connectivity index (χ1v) is 10.7. The molecule has 4 aromatic rings. The zero-order valence-corrected chi connectivity index (χ0v) is 18.7. The van der Waals surface area contributed by atoms with E-state index >= 15 is 0 Å². The van der Waals surface area contributed by atoms with Crippen LogP contribution < -0.4 is 10.6 Å². The lowest BCUT2D eigenvalue weighted by atomic mass is 10.1. The van der Waals surface area contributed by atoms with Gasteiger partial charge in [0.1, 0.15) is 5.69 Å². The molecule has 0 radical (unpaired) electrons. The molecule has 2 aromatic carbocycles. The molecule has 164 valence electrons. The van der Waals surface area contributed by atoms with Crippen LogP contribution in [0.1, 0.15) is 21.6 Å². The predicted octanol–water partition coefficient (Wildman–Crippen LogP) is 3.61. The maximum absolute atomic E-state index is 13.0. The summed E-state index contributed by atoms with van der Waals surface area (Å²) in [6.45, 7) is 4.55. The number of carbonyl (C=O) groups excluding carboxylic acids is 1. The quantitative estimate of drug-likeness (QED) is 0.420. The molecule has 0 aliphatic heterocycles.